The van der Waals surface area contributed by atoms with Gasteiger partial charge in [-0.3, -0.25) is 0 Å². The van der Waals surface area contributed by atoms with Gasteiger partial charge in [0.25, 0.3) is 0 Å². The molecule has 0 aliphatic heterocycles. The molecule has 3 nitrogen and oxygen atoms in total. The molecule has 0 unspecified atom stereocenters. The summed E-state index contributed by atoms with van der Waals surface area (Å²) in [4.78, 5) is 4.56. The van der Waals surface area contributed by atoms with Gasteiger partial charge in [-0.25, -0.2) is 9.37 Å². The summed E-state index contributed by atoms with van der Waals surface area (Å²) in [5.74, 6) is 1.43. The highest BCUT2D eigenvalue weighted by Gasteiger charge is 2.31. The Hall–Kier alpha value is -1.81. The van der Waals surface area contributed by atoms with Crippen LogP contribution in [0, 0.1) is 5.82 Å². The monoisotopic (exact) mass is 291 g/mol. The van der Waals surface area contributed by atoms with Gasteiger partial charge in [-0.2, -0.15) is 0 Å². The topological polar surface area (TPSA) is 43.8 Å². The quantitative estimate of drug-likeness (QED) is 0.866. The maximum absolute atomic E-state index is 14.1. The van der Waals surface area contributed by atoms with Crippen molar-refractivity contribution in [3.8, 4) is 11.3 Å². The Morgan fingerprint density at radius 2 is 2.25 bits per heavy atom. The van der Waals surface area contributed by atoms with Crippen LogP contribution in [0.1, 0.15) is 24.6 Å². The Morgan fingerprint density at radius 3 is 2.85 bits per heavy atom. The fraction of sp³-hybridized carbons (Fsp3) is 0.267. The summed E-state index contributed by atoms with van der Waals surface area (Å²) in [5, 5.41) is 0.359. The van der Waals surface area contributed by atoms with E-state index in [4.69, 9.17) is 17.3 Å². The highest BCUT2D eigenvalue weighted by atomic mass is 35.5. The third-order valence-corrected chi connectivity index (χ3v) is 3.71. The summed E-state index contributed by atoms with van der Waals surface area (Å²) in [6.45, 7) is 4.32. The van der Waals surface area contributed by atoms with Gasteiger partial charge >= 0.3 is 0 Å². The lowest BCUT2D eigenvalue weighted by Crippen LogP contribution is -2.05. The number of benzene rings is 1. The lowest BCUT2D eigenvalue weighted by Gasteiger charge is -2.06. The smallest absolute Gasteiger partial charge is 0.134 e. The average Bonchev–Trinajstić information content (AvgIpc) is 3.19. The second-order valence-electron chi connectivity index (χ2n) is 5.00. The Morgan fingerprint density at radius 1 is 1.50 bits per heavy atom. The minimum atomic E-state index is -0.408. The van der Waals surface area contributed by atoms with E-state index in [2.05, 4.69) is 11.6 Å². The first-order valence-corrected chi connectivity index (χ1v) is 6.91. The first-order chi connectivity index (χ1) is 9.61. The van der Waals surface area contributed by atoms with Gasteiger partial charge in [0.05, 0.1) is 0 Å². The van der Waals surface area contributed by atoms with Gasteiger partial charge in [0.2, 0.25) is 0 Å². The molecule has 2 aromatic rings. The summed E-state index contributed by atoms with van der Waals surface area (Å²) in [7, 11) is 0. The van der Waals surface area contributed by atoms with Crippen molar-refractivity contribution < 1.29 is 4.39 Å². The summed E-state index contributed by atoms with van der Waals surface area (Å²) >= 11 is 5.78. The van der Waals surface area contributed by atoms with Gasteiger partial charge in [-0.15, -0.1) is 6.58 Å². The first-order valence-electron chi connectivity index (χ1n) is 6.54. The van der Waals surface area contributed by atoms with Crippen molar-refractivity contribution in [1.82, 2.24) is 9.55 Å². The number of rotatable bonds is 4. The first kappa shape index (κ1) is 13.2. The van der Waals surface area contributed by atoms with Crippen LogP contribution in [0.15, 0.2) is 30.9 Å². The van der Waals surface area contributed by atoms with E-state index in [1.165, 1.54) is 6.07 Å². The summed E-state index contributed by atoms with van der Waals surface area (Å²) in [6, 6.07) is 4.54. The van der Waals surface area contributed by atoms with E-state index in [1.807, 2.05) is 4.57 Å². The zero-order chi connectivity index (χ0) is 14.3. The van der Waals surface area contributed by atoms with Crippen LogP contribution in [-0.2, 0) is 6.54 Å². The number of halogens is 2. The van der Waals surface area contributed by atoms with Crippen LogP contribution >= 0.6 is 11.6 Å². The fourth-order valence-electron chi connectivity index (χ4n) is 2.34. The maximum atomic E-state index is 14.1. The van der Waals surface area contributed by atoms with Crippen LogP contribution in [0.4, 0.5) is 10.2 Å². The third-order valence-electron chi connectivity index (χ3n) is 3.48. The molecule has 104 valence electrons. The number of allylic oxidation sites excluding steroid dienone is 1. The van der Waals surface area contributed by atoms with E-state index in [9.17, 15) is 4.39 Å². The Kier molecular flexibility index (Phi) is 3.26. The molecule has 0 radical (unpaired) electrons. The molecule has 1 aromatic heterocycles. The van der Waals surface area contributed by atoms with E-state index < -0.39 is 5.82 Å². The summed E-state index contributed by atoms with van der Waals surface area (Å²) < 4.78 is 16.0. The van der Waals surface area contributed by atoms with Crippen molar-refractivity contribution >= 4 is 17.4 Å². The van der Waals surface area contributed by atoms with E-state index in [0.717, 1.165) is 18.7 Å². The molecule has 1 aromatic carbocycles. The van der Waals surface area contributed by atoms with Gasteiger partial charge in [0.15, 0.2) is 0 Å². The molecule has 2 N–H and O–H groups in total. The number of nitrogens with zero attached hydrogens (tertiary/aromatic N) is 2. The molecule has 1 aliphatic carbocycles. The lowest BCUT2D eigenvalue weighted by molar-refractivity contribution is 0.631. The number of imidazole rings is 1. The SMILES string of the molecule is C=CCn1c(C2CC2)nc(-c2ccc(Cl)cc2F)c1N. The van der Waals surface area contributed by atoms with Crippen molar-refractivity contribution in [2.24, 2.45) is 0 Å². The van der Waals surface area contributed by atoms with Crippen LogP contribution < -0.4 is 5.73 Å². The number of hydrogen-bond donors (Lipinski definition) is 1. The molecule has 1 heterocycles. The predicted octanol–water partition coefficient (Wildman–Crippen LogP) is 3.99. The maximum Gasteiger partial charge on any atom is 0.134 e. The number of anilines is 1. The highest BCUT2D eigenvalue weighted by molar-refractivity contribution is 6.30. The van der Waals surface area contributed by atoms with Crippen LogP contribution in [0.25, 0.3) is 11.3 Å². The molecule has 3 rings (SSSR count). The highest BCUT2D eigenvalue weighted by Crippen LogP contribution is 2.42. The average molecular weight is 292 g/mol. The van der Waals surface area contributed by atoms with Crippen LogP contribution in [0.2, 0.25) is 5.02 Å². The van der Waals surface area contributed by atoms with E-state index in [-0.39, 0.29) is 0 Å². The number of hydrogen-bond acceptors (Lipinski definition) is 2. The Labute approximate surface area is 121 Å². The fourth-order valence-corrected chi connectivity index (χ4v) is 2.50. The number of nitrogens with two attached hydrogens (primary N) is 1. The van der Waals surface area contributed by atoms with E-state index in [1.54, 1.807) is 18.2 Å². The van der Waals surface area contributed by atoms with Crippen LogP contribution in [0.5, 0.6) is 0 Å². The second-order valence-corrected chi connectivity index (χ2v) is 5.44. The second kappa shape index (κ2) is 4.94. The van der Waals surface area contributed by atoms with Gasteiger partial charge in [-0.1, -0.05) is 17.7 Å². The van der Waals surface area contributed by atoms with Crippen molar-refractivity contribution in [2.45, 2.75) is 25.3 Å². The molecule has 1 fully saturated rings. The lowest BCUT2D eigenvalue weighted by atomic mass is 10.1. The Balaban J connectivity index is 2.13. The minimum Gasteiger partial charge on any atom is -0.383 e. The molecule has 20 heavy (non-hydrogen) atoms. The molecule has 5 heteroatoms. The van der Waals surface area contributed by atoms with E-state index in [0.29, 0.717) is 34.6 Å². The standard InChI is InChI=1S/C15H15ClFN3/c1-2-7-20-14(18)13(19-15(20)9-3-4-9)11-6-5-10(16)8-12(11)17/h2,5-6,8-9H,1,3-4,7,18H2. The minimum absolute atomic E-state index is 0.359. The normalized spacial score (nSPS) is 14.5. The van der Waals surface area contributed by atoms with E-state index >= 15 is 0 Å². The van der Waals surface area contributed by atoms with Crippen LogP contribution in [0.3, 0.4) is 0 Å². The molecule has 0 atom stereocenters. The predicted molar refractivity (Wildman–Crippen MR) is 79.2 cm³/mol. The molecule has 1 aliphatic rings. The van der Waals surface area contributed by atoms with Gasteiger partial charge in [0.1, 0.15) is 23.2 Å². The zero-order valence-electron chi connectivity index (χ0n) is 10.9. The Bertz CT molecular complexity index is 674. The molecule has 0 bridgehead atoms. The molecule has 0 spiro atoms. The summed E-state index contributed by atoms with van der Waals surface area (Å²) in [5.41, 5.74) is 7.02. The number of aromatic nitrogens is 2. The molecular weight excluding hydrogens is 277 g/mol. The summed E-state index contributed by atoms with van der Waals surface area (Å²) in [6.07, 6.45) is 3.98. The number of nitrogen functional groups attached to an aromatic ring is 1. The van der Waals surface area contributed by atoms with Gasteiger partial charge < -0.3 is 10.3 Å². The van der Waals surface area contributed by atoms with Crippen molar-refractivity contribution in [3.63, 3.8) is 0 Å². The zero-order valence-corrected chi connectivity index (χ0v) is 11.7. The van der Waals surface area contributed by atoms with Gasteiger partial charge in [-0.05, 0) is 31.0 Å². The van der Waals surface area contributed by atoms with Crippen LogP contribution in [-0.4, -0.2) is 9.55 Å². The molecule has 0 saturated heterocycles. The van der Waals surface area contributed by atoms with Crippen molar-refractivity contribution in [1.29, 1.82) is 0 Å². The third kappa shape index (κ3) is 2.20. The van der Waals surface area contributed by atoms with Crippen molar-refractivity contribution in [2.75, 3.05) is 5.73 Å². The molecular formula is C15H15ClFN3. The molecule has 1 saturated carbocycles. The molecule has 0 amide bonds. The largest absolute Gasteiger partial charge is 0.383 e. The van der Waals surface area contributed by atoms with Gasteiger partial charge in [0, 0.05) is 23.0 Å². The van der Waals surface area contributed by atoms with Crippen molar-refractivity contribution in [3.05, 3.63) is 47.5 Å².